The minimum Gasteiger partial charge on any atom is -0.480 e. The molecule has 0 saturated carbocycles. The maximum Gasteiger partial charge on any atom is 0.267 e. The van der Waals surface area contributed by atoms with E-state index in [-0.39, 0.29) is 27.5 Å². The predicted molar refractivity (Wildman–Crippen MR) is 121 cm³/mol. The number of fused-ring (bicyclic) bond motifs is 1. The zero-order chi connectivity index (χ0) is 23.0. The first-order valence-corrected chi connectivity index (χ1v) is 11.0. The Bertz CT molecular complexity index is 1460. The van der Waals surface area contributed by atoms with Crippen LogP contribution in [0.5, 0.6) is 5.88 Å². The van der Waals surface area contributed by atoms with Gasteiger partial charge in [-0.2, -0.15) is 0 Å². The summed E-state index contributed by atoms with van der Waals surface area (Å²) in [4.78, 5) is 12.3. The van der Waals surface area contributed by atoms with Gasteiger partial charge >= 0.3 is 0 Å². The van der Waals surface area contributed by atoms with Crippen molar-refractivity contribution in [1.82, 2.24) is 15.0 Å². The maximum atomic E-state index is 14.8. The highest BCUT2D eigenvalue weighted by Gasteiger charge is 2.23. The van der Waals surface area contributed by atoms with Crippen LogP contribution < -0.4 is 14.9 Å². The lowest BCUT2D eigenvalue weighted by Gasteiger charge is -2.16. The van der Waals surface area contributed by atoms with Crippen molar-refractivity contribution in [3.8, 4) is 17.0 Å². The van der Waals surface area contributed by atoms with Crippen LogP contribution >= 0.6 is 0 Å². The van der Waals surface area contributed by atoms with E-state index >= 15 is 0 Å². The van der Waals surface area contributed by atoms with Crippen molar-refractivity contribution in [2.75, 3.05) is 11.8 Å². The number of hydrogen-bond acceptors (Lipinski definition) is 6. The molecule has 4 aromatic rings. The molecule has 7 nitrogen and oxygen atoms in total. The Morgan fingerprint density at radius 1 is 1.06 bits per heavy atom. The Morgan fingerprint density at radius 2 is 1.84 bits per heavy atom. The number of aryl methyl sites for hydroxylation is 2. The van der Waals surface area contributed by atoms with E-state index in [1.54, 1.807) is 38.2 Å². The number of aromatic nitrogens is 3. The number of anilines is 1. The van der Waals surface area contributed by atoms with E-state index in [1.807, 2.05) is 0 Å². The molecule has 4 rings (SSSR count). The Kier molecular flexibility index (Phi) is 5.56. The van der Waals surface area contributed by atoms with Crippen molar-refractivity contribution in [3.63, 3.8) is 0 Å². The molecular formula is C22H18BFN4O3S. The normalized spacial score (nSPS) is 11.5. The lowest BCUT2D eigenvalue weighted by Crippen LogP contribution is -2.22. The Balaban J connectivity index is 1.79. The maximum absolute atomic E-state index is 14.8. The monoisotopic (exact) mass is 448 g/mol. The number of methoxy groups -OCH3 is 1. The van der Waals surface area contributed by atoms with Crippen molar-refractivity contribution >= 4 is 39.9 Å². The highest BCUT2D eigenvalue weighted by Crippen LogP contribution is 2.28. The summed E-state index contributed by atoms with van der Waals surface area (Å²) in [6, 6.07) is 8.98. The molecule has 2 aromatic carbocycles. The summed E-state index contributed by atoms with van der Waals surface area (Å²) in [5, 5.41) is 0.702. The van der Waals surface area contributed by atoms with E-state index in [2.05, 4.69) is 19.7 Å². The summed E-state index contributed by atoms with van der Waals surface area (Å²) in [7, 11) is 3.44. The number of sulfonamides is 1. The van der Waals surface area contributed by atoms with Crippen LogP contribution in [0.2, 0.25) is 0 Å². The highest BCUT2D eigenvalue weighted by atomic mass is 32.2. The van der Waals surface area contributed by atoms with Gasteiger partial charge in [0.15, 0.2) is 0 Å². The second kappa shape index (κ2) is 8.20. The van der Waals surface area contributed by atoms with Gasteiger partial charge in [-0.05, 0) is 55.3 Å². The van der Waals surface area contributed by atoms with E-state index < -0.39 is 15.8 Å². The Labute approximate surface area is 186 Å². The van der Waals surface area contributed by atoms with Gasteiger partial charge in [-0.1, -0.05) is 11.5 Å². The van der Waals surface area contributed by atoms with Crippen LogP contribution in [0, 0.1) is 19.7 Å². The summed E-state index contributed by atoms with van der Waals surface area (Å²) < 4.78 is 48.4. The molecule has 0 spiro atoms. The molecule has 10 heteroatoms. The first kappa shape index (κ1) is 21.7. The van der Waals surface area contributed by atoms with Crippen molar-refractivity contribution in [3.05, 3.63) is 66.0 Å². The predicted octanol–water partition coefficient (Wildman–Crippen LogP) is 3.05. The van der Waals surface area contributed by atoms with E-state index in [4.69, 9.17) is 12.6 Å². The van der Waals surface area contributed by atoms with E-state index in [9.17, 15) is 12.8 Å². The lowest BCUT2D eigenvalue weighted by molar-refractivity contribution is 0.385. The molecule has 2 heterocycles. The first-order valence-electron chi connectivity index (χ1n) is 9.55. The summed E-state index contributed by atoms with van der Waals surface area (Å²) in [6.07, 6.45) is 3.13. The summed E-state index contributed by atoms with van der Waals surface area (Å²) in [6.45, 7) is 3.49. The molecule has 0 saturated heterocycles. The molecule has 0 aliphatic carbocycles. The third-order valence-corrected chi connectivity index (χ3v) is 6.23. The molecule has 0 atom stereocenters. The third-order valence-electron chi connectivity index (χ3n) is 4.87. The molecule has 2 aromatic heterocycles. The molecule has 160 valence electrons. The quantitative estimate of drug-likeness (QED) is 0.472. The fourth-order valence-corrected chi connectivity index (χ4v) is 4.62. The highest BCUT2D eigenvalue weighted by molar-refractivity contribution is 7.92. The van der Waals surface area contributed by atoms with Crippen LogP contribution in [0.3, 0.4) is 0 Å². The SMILES string of the molecule is [B]c1c(NS(=O)(=O)c2cc(C)cnc2OC)ccc(F)c1-c1ccc2nc(C)ncc2c1. The van der Waals surface area contributed by atoms with Gasteiger partial charge in [0.25, 0.3) is 10.0 Å². The van der Waals surface area contributed by atoms with Crippen LogP contribution in [-0.2, 0) is 10.0 Å². The molecule has 0 fully saturated rings. The zero-order valence-electron chi connectivity index (χ0n) is 17.5. The average Bonchev–Trinajstić information content (AvgIpc) is 2.76. The fraction of sp³-hybridized carbons (Fsp3) is 0.136. The van der Waals surface area contributed by atoms with Gasteiger partial charge in [0, 0.05) is 29.0 Å². The Morgan fingerprint density at radius 3 is 2.59 bits per heavy atom. The molecule has 1 N–H and O–H groups in total. The van der Waals surface area contributed by atoms with E-state index in [1.165, 1.54) is 25.4 Å². The number of nitrogens with zero attached hydrogens (tertiary/aromatic N) is 3. The molecular weight excluding hydrogens is 430 g/mol. The smallest absolute Gasteiger partial charge is 0.267 e. The van der Waals surface area contributed by atoms with Crippen molar-refractivity contribution in [1.29, 1.82) is 0 Å². The first-order chi connectivity index (χ1) is 15.2. The van der Waals surface area contributed by atoms with Crippen molar-refractivity contribution in [2.24, 2.45) is 0 Å². The average molecular weight is 448 g/mol. The summed E-state index contributed by atoms with van der Waals surface area (Å²) >= 11 is 0. The van der Waals surface area contributed by atoms with Crippen LogP contribution in [0.1, 0.15) is 11.4 Å². The molecule has 0 bridgehead atoms. The standard InChI is InChI=1S/C22H18BFN4O3S/c1-12-8-19(22(31-3)26-10-12)32(29,30)28-18-7-5-16(24)20(21(18)23)14-4-6-17-15(9-14)11-25-13(2)27-17/h4-11,28H,1-3H3. The van der Waals surface area contributed by atoms with Crippen LogP contribution in [-0.4, -0.2) is 38.3 Å². The van der Waals surface area contributed by atoms with Crippen LogP contribution in [0.25, 0.3) is 22.0 Å². The minimum atomic E-state index is -4.11. The molecule has 0 aliphatic rings. The number of hydrogen-bond donors (Lipinski definition) is 1. The van der Waals surface area contributed by atoms with Gasteiger partial charge in [-0.15, -0.1) is 0 Å². The van der Waals surface area contributed by atoms with Crippen LogP contribution in [0.4, 0.5) is 10.1 Å². The van der Waals surface area contributed by atoms with Gasteiger partial charge in [-0.3, -0.25) is 4.72 Å². The lowest BCUT2D eigenvalue weighted by atomic mass is 9.85. The number of pyridine rings is 1. The van der Waals surface area contributed by atoms with Gasteiger partial charge in [0.2, 0.25) is 5.88 Å². The fourth-order valence-electron chi connectivity index (χ4n) is 3.33. The van der Waals surface area contributed by atoms with E-state index in [0.29, 0.717) is 27.9 Å². The summed E-state index contributed by atoms with van der Waals surface area (Å²) in [5.74, 6) is -0.0325. The number of rotatable bonds is 5. The second-order valence-electron chi connectivity index (χ2n) is 7.20. The van der Waals surface area contributed by atoms with Gasteiger partial charge in [-0.25, -0.2) is 27.8 Å². The second-order valence-corrected chi connectivity index (χ2v) is 8.85. The molecule has 0 amide bonds. The zero-order valence-corrected chi connectivity index (χ0v) is 18.4. The van der Waals surface area contributed by atoms with Crippen LogP contribution in [0.15, 0.2) is 53.7 Å². The van der Waals surface area contributed by atoms with Gasteiger partial charge < -0.3 is 4.74 Å². The minimum absolute atomic E-state index is 0.0326. The van der Waals surface area contributed by atoms with Gasteiger partial charge in [0.1, 0.15) is 24.4 Å². The molecule has 2 radical (unpaired) electrons. The van der Waals surface area contributed by atoms with Crippen molar-refractivity contribution < 1.29 is 17.5 Å². The molecule has 0 unspecified atom stereocenters. The topological polar surface area (TPSA) is 94.1 Å². The molecule has 0 aliphatic heterocycles. The van der Waals surface area contributed by atoms with E-state index in [0.717, 1.165) is 6.07 Å². The Hall–Kier alpha value is -3.53. The number of benzene rings is 2. The third kappa shape index (κ3) is 4.01. The number of nitrogens with one attached hydrogen (secondary N) is 1. The van der Waals surface area contributed by atoms with Crippen molar-refractivity contribution in [2.45, 2.75) is 18.7 Å². The summed E-state index contributed by atoms with van der Waals surface area (Å²) in [5.41, 5.74) is 1.85. The molecule has 32 heavy (non-hydrogen) atoms. The number of ether oxygens (including phenoxy) is 1. The number of halogens is 1. The van der Waals surface area contributed by atoms with Gasteiger partial charge in [0.05, 0.1) is 12.6 Å². The largest absolute Gasteiger partial charge is 0.480 e.